The Morgan fingerprint density at radius 3 is 2.21 bits per heavy atom. The highest BCUT2D eigenvalue weighted by Gasteiger charge is 2.37. The molecule has 7 heteroatoms. The molecule has 24 heavy (non-hydrogen) atoms. The van der Waals surface area contributed by atoms with Gasteiger partial charge in [0.05, 0.1) is 11.4 Å². The molecule has 0 aliphatic heterocycles. The van der Waals surface area contributed by atoms with E-state index in [1.807, 2.05) is 11.8 Å². The van der Waals surface area contributed by atoms with Crippen LogP contribution >= 0.6 is 15.9 Å². The van der Waals surface area contributed by atoms with E-state index in [4.69, 9.17) is 0 Å². The third-order valence-corrected chi connectivity index (χ3v) is 6.86. The summed E-state index contributed by atoms with van der Waals surface area (Å²) in [7, 11) is -2.21. The van der Waals surface area contributed by atoms with Crippen molar-refractivity contribution >= 4 is 31.9 Å². The number of nitrogens with zero attached hydrogens (tertiary/aromatic N) is 2. The number of likely N-dealkylation sites (N-methyl/N-ethyl adjacent to an activating group) is 1. The van der Waals surface area contributed by atoms with Crippen molar-refractivity contribution in [2.75, 3.05) is 13.6 Å². The molecule has 1 fully saturated rings. The van der Waals surface area contributed by atoms with Crippen LogP contribution in [0.3, 0.4) is 0 Å². The summed E-state index contributed by atoms with van der Waals surface area (Å²) in [6.45, 7) is 6.06. The average Bonchev–Trinajstić information content (AvgIpc) is 3.32. The Hall–Kier alpha value is -0.920. The average molecular weight is 417 g/mol. The highest BCUT2D eigenvalue weighted by molar-refractivity contribution is 9.10. The summed E-state index contributed by atoms with van der Waals surface area (Å²) < 4.78 is 27.2. The molecule has 1 aliphatic carbocycles. The maximum atomic E-state index is 12.7. The fourth-order valence-corrected chi connectivity index (χ4v) is 3.97. The van der Waals surface area contributed by atoms with Crippen LogP contribution < -0.4 is 0 Å². The molecule has 1 amide bonds. The molecule has 0 saturated heterocycles. The third-order valence-electron chi connectivity index (χ3n) is 4.51. The van der Waals surface area contributed by atoms with Crippen LogP contribution in [0.4, 0.5) is 0 Å². The standard InChI is InChI=1S/C17H25BrN2O3S/c1-12(2)13(3)20(15-7-8-15)17(21)11-19(4)24(22,23)16-9-5-14(18)6-10-16/h5-6,9-10,12-13,15H,7-8,11H2,1-4H3. The molecule has 1 aliphatic rings. The molecule has 1 aromatic carbocycles. The lowest BCUT2D eigenvalue weighted by atomic mass is 10.0. The molecule has 0 bridgehead atoms. The van der Waals surface area contributed by atoms with Crippen LogP contribution in [0.25, 0.3) is 0 Å². The lowest BCUT2D eigenvalue weighted by Crippen LogP contribution is -2.48. The van der Waals surface area contributed by atoms with E-state index in [-0.39, 0.29) is 29.4 Å². The molecule has 0 spiro atoms. The van der Waals surface area contributed by atoms with Crippen molar-refractivity contribution < 1.29 is 13.2 Å². The fourth-order valence-electron chi connectivity index (χ4n) is 2.58. The minimum Gasteiger partial charge on any atom is -0.336 e. The van der Waals surface area contributed by atoms with E-state index in [2.05, 4.69) is 29.8 Å². The molecule has 5 nitrogen and oxygen atoms in total. The van der Waals surface area contributed by atoms with Gasteiger partial charge in [-0.1, -0.05) is 29.8 Å². The Balaban J connectivity index is 2.13. The number of carbonyl (C=O) groups is 1. The monoisotopic (exact) mass is 416 g/mol. The summed E-state index contributed by atoms with van der Waals surface area (Å²) in [5, 5.41) is 0. The van der Waals surface area contributed by atoms with Crippen LogP contribution in [0.2, 0.25) is 0 Å². The molecule has 1 saturated carbocycles. The van der Waals surface area contributed by atoms with Gasteiger partial charge in [-0.05, 0) is 49.9 Å². The van der Waals surface area contributed by atoms with Crippen molar-refractivity contribution in [1.29, 1.82) is 0 Å². The Bertz CT molecular complexity index is 684. The van der Waals surface area contributed by atoms with Gasteiger partial charge in [0.15, 0.2) is 0 Å². The van der Waals surface area contributed by atoms with E-state index in [1.54, 1.807) is 12.1 Å². The van der Waals surface area contributed by atoms with Gasteiger partial charge in [0.25, 0.3) is 0 Å². The first-order valence-corrected chi connectivity index (χ1v) is 10.4. The Morgan fingerprint density at radius 1 is 1.21 bits per heavy atom. The van der Waals surface area contributed by atoms with Gasteiger partial charge >= 0.3 is 0 Å². The Morgan fingerprint density at radius 2 is 1.75 bits per heavy atom. The van der Waals surface area contributed by atoms with Gasteiger partial charge in [-0.15, -0.1) is 0 Å². The van der Waals surface area contributed by atoms with Crippen molar-refractivity contribution in [3.05, 3.63) is 28.7 Å². The van der Waals surface area contributed by atoms with Gasteiger partial charge in [-0.3, -0.25) is 4.79 Å². The van der Waals surface area contributed by atoms with Crippen LogP contribution in [0.1, 0.15) is 33.6 Å². The zero-order chi connectivity index (χ0) is 18.1. The first kappa shape index (κ1) is 19.4. The number of sulfonamides is 1. The van der Waals surface area contributed by atoms with Gasteiger partial charge in [-0.2, -0.15) is 4.31 Å². The van der Waals surface area contributed by atoms with E-state index in [1.165, 1.54) is 19.2 Å². The Kier molecular flexibility index (Phi) is 6.09. The van der Waals surface area contributed by atoms with Crippen molar-refractivity contribution in [1.82, 2.24) is 9.21 Å². The molecule has 1 aromatic rings. The molecular weight excluding hydrogens is 392 g/mol. The number of benzene rings is 1. The topological polar surface area (TPSA) is 57.7 Å². The van der Waals surface area contributed by atoms with Gasteiger partial charge in [0, 0.05) is 23.6 Å². The first-order chi connectivity index (χ1) is 11.1. The summed E-state index contributed by atoms with van der Waals surface area (Å²) in [5.41, 5.74) is 0. The van der Waals surface area contributed by atoms with E-state index in [0.717, 1.165) is 21.6 Å². The molecule has 0 radical (unpaired) electrons. The van der Waals surface area contributed by atoms with E-state index >= 15 is 0 Å². The summed E-state index contributed by atoms with van der Waals surface area (Å²) >= 11 is 3.29. The van der Waals surface area contributed by atoms with Crippen LogP contribution in [-0.4, -0.2) is 49.2 Å². The maximum Gasteiger partial charge on any atom is 0.243 e. The van der Waals surface area contributed by atoms with Gasteiger partial charge in [0.2, 0.25) is 15.9 Å². The molecule has 2 rings (SSSR count). The zero-order valence-electron chi connectivity index (χ0n) is 14.6. The lowest BCUT2D eigenvalue weighted by Gasteiger charge is -2.33. The third kappa shape index (κ3) is 4.37. The van der Waals surface area contributed by atoms with Gasteiger partial charge in [0.1, 0.15) is 0 Å². The molecule has 0 heterocycles. The quantitative estimate of drug-likeness (QED) is 0.685. The number of amides is 1. The molecule has 1 atom stereocenters. The highest BCUT2D eigenvalue weighted by atomic mass is 79.9. The number of hydrogen-bond acceptors (Lipinski definition) is 3. The normalized spacial score (nSPS) is 16.5. The SMILES string of the molecule is CC(C)C(C)N(C(=O)CN(C)S(=O)(=O)c1ccc(Br)cc1)C1CC1. The molecule has 0 N–H and O–H groups in total. The van der Waals surface area contributed by atoms with Crippen molar-refractivity contribution in [2.45, 2.75) is 50.6 Å². The first-order valence-electron chi connectivity index (χ1n) is 8.17. The van der Waals surface area contributed by atoms with E-state index in [9.17, 15) is 13.2 Å². The highest BCUT2D eigenvalue weighted by Crippen LogP contribution is 2.31. The van der Waals surface area contributed by atoms with Crippen LogP contribution in [0.15, 0.2) is 33.6 Å². The largest absolute Gasteiger partial charge is 0.336 e. The summed E-state index contributed by atoms with van der Waals surface area (Å²) in [4.78, 5) is 14.8. The fraction of sp³-hybridized carbons (Fsp3) is 0.588. The minimum absolute atomic E-state index is 0.105. The van der Waals surface area contributed by atoms with E-state index < -0.39 is 10.0 Å². The molecule has 1 unspecified atom stereocenters. The van der Waals surface area contributed by atoms with Crippen molar-refractivity contribution in [2.24, 2.45) is 5.92 Å². The number of halogens is 1. The second-order valence-electron chi connectivity index (χ2n) is 6.73. The number of rotatable bonds is 7. The predicted molar refractivity (Wildman–Crippen MR) is 98.1 cm³/mol. The smallest absolute Gasteiger partial charge is 0.243 e. The second-order valence-corrected chi connectivity index (χ2v) is 9.69. The number of hydrogen-bond donors (Lipinski definition) is 0. The molecule has 0 aromatic heterocycles. The van der Waals surface area contributed by atoms with Gasteiger partial charge < -0.3 is 4.90 Å². The predicted octanol–water partition coefficient (Wildman–Crippen LogP) is 3.11. The maximum absolute atomic E-state index is 12.7. The zero-order valence-corrected chi connectivity index (χ0v) is 17.0. The van der Waals surface area contributed by atoms with Gasteiger partial charge in [-0.25, -0.2) is 8.42 Å². The lowest BCUT2D eigenvalue weighted by molar-refractivity contribution is -0.134. The van der Waals surface area contributed by atoms with Crippen molar-refractivity contribution in [3.8, 4) is 0 Å². The minimum atomic E-state index is -3.67. The summed E-state index contributed by atoms with van der Waals surface area (Å²) in [6, 6.07) is 6.80. The van der Waals surface area contributed by atoms with Crippen LogP contribution in [0.5, 0.6) is 0 Å². The van der Waals surface area contributed by atoms with Crippen molar-refractivity contribution in [3.63, 3.8) is 0 Å². The van der Waals surface area contributed by atoms with Crippen LogP contribution in [0, 0.1) is 5.92 Å². The Labute approximate surface area is 153 Å². The summed E-state index contributed by atoms with van der Waals surface area (Å²) in [5.74, 6) is 0.213. The van der Waals surface area contributed by atoms with E-state index in [0.29, 0.717) is 5.92 Å². The number of carbonyl (C=O) groups excluding carboxylic acids is 1. The molecular formula is C17H25BrN2O3S. The van der Waals surface area contributed by atoms with Crippen LogP contribution in [-0.2, 0) is 14.8 Å². The molecule has 134 valence electrons. The second kappa shape index (κ2) is 7.54. The summed E-state index contributed by atoms with van der Waals surface area (Å²) in [6.07, 6.45) is 2.01.